The third-order valence-corrected chi connectivity index (χ3v) is 7.30. The quantitative estimate of drug-likeness (QED) is 0.137. The molecule has 0 aliphatic heterocycles. The first-order chi connectivity index (χ1) is 19.4. The smallest absolute Gasteiger partial charge is 0.341 e. The van der Waals surface area contributed by atoms with Crippen molar-refractivity contribution in [2.45, 2.75) is 13.5 Å². The number of benzene rings is 3. The van der Waals surface area contributed by atoms with Crippen LogP contribution in [-0.2, 0) is 16.1 Å². The summed E-state index contributed by atoms with van der Waals surface area (Å²) in [5.74, 6) is 0.894. The Morgan fingerprint density at radius 1 is 1.00 bits per heavy atom. The lowest BCUT2D eigenvalue weighted by molar-refractivity contribution is -0.111. The molecule has 3 aromatic carbocycles. The van der Waals surface area contributed by atoms with E-state index in [1.165, 1.54) is 17.4 Å². The molecule has 0 atom stereocenters. The maximum Gasteiger partial charge on any atom is 0.341 e. The summed E-state index contributed by atoms with van der Waals surface area (Å²) < 4.78 is 22.7. The van der Waals surface area contributed by atoms with Crippen molar-refractivity contribution in [1.82, 2.24) is 0 Å². The molecular weight excluding hydrogens is 594 g/mol. The van der Waals surface area contributed by atoms with E-state index in [9.17, 15) is 9.59 Å². The van der Waals surface area contributed by atoms with E-state index in [1.54, 1.807) is 33.3 Å². The van der Waals surface area contributed by atoms with Gasteiger partial charge in [-0.25, -0.2) is 4.79 Å². The maximum absolute atomic E-state index is 12.9. The van der Waals surface area contributed by atoms with Crippen molar-refractivity contribution in [3.05, 3.63) is 99.3 Å². The van der Waals surface area contributed by atoms with Gasteiger partial charge in [-0.2, -0.15) is 0 Å². The molecule has 1 aromatic heterocycles. The molecule has 1 N–H and O–H groups in total. The first kappa shape index (κ1) is 28.9. The van der Waals surface area contributed by atoms with E-state index in [0.717, 1.165) is 16.7 Å². The number of ether oxygens (including phenoxy) is 4. The van der Waals surface area contributed by atoms with Crippen molar-refractivity contribution in [3.63, 3.8) is 0 Å². The molecule has 1 heterocycles. The van der Waals surface area contributed by atoms with Gasteiger partial charge in [0.1, 0.15) is 22.9 Å². The standard InChI is InChI=1S/C31H28BrNO6S/c1-4-38-31(35)28-24(22-11-13-23(36-2)14-12-22)19-40-30(28)33-27(34)15-10-21-16-25(32)29(26(17-21)37-3)39-18-20-8-6-5-7-9-20/h5-17,19H,4,18H2,1-3H3,(H,33,34)/b15-10+. The molecule has 9 heteroatoms. The van der Waals surface area contributed by atoms with E-state index < -0.39 is 11.9 Å². The minimum Gasteiger partial charge on any atom is -0.497 e. The van der Waals surface area contributed by atoms with Gasteiger partial charge < -0.3 is 24.3 Å². The third kappa shape index (κ3) is 7.11. The molecule has 0 radical (unpaired) electrons. The van der Waals surface area contributed by atoms with Gasteiger partial charge in [0.25, 0.3) is 0 Å². The lowest BCUT2D eigenvalue weighted by Gasteiger charge is -2.13. The molecule has 0 saturated carbocycles. The summed E-state index contributed by atoms with van der Waals surface area (Å²) in [6, 6.07) is 20.8. The number of halogens is 1. The summed E-state index contributed by atoms with van der Waals surface area (Å²) in [6.07, 6.45) is 3.05. The van der Waals surface area contributed by atoms with Crippen LogP contribution in [0.5, 0.6) is 17.2 Å². The highest BCUT2D eigenvalue weighted by atomic mass is 79.9. The largest absolute Gasteiger partial charge is 0.497 e. The van der Waals surface area contributed by atoms with Gasteiger partial charge in [0.15, 0.2) is 11.5 Å². The molecule has 40 heavy (non-hydrogen) atoms. The normalized spacial score (nSPS) is 10.8. The molecule has 0 fully saturated rings. The Labute approximate surface area is 245 Å². The Morgan fingerprint density at radius 2 is 1.75 bits per heavy atom. The van der Waals surface area contributed by atoms with E-state index in [4.69, 9.17) is 18.9 Å². The van der Waals surface area contributed by atoms with Crippen LogP contribution in [0.15, 0.2) is 82.7 Å². The molecule has 0 aliphatic rings. The summed E-state index contributed by atoms with van der Waals surface area (Å²) in [4.78, 5) is 25.7. The zero-order valence-corrected chi connectivity index (χ0v) is 24.6. The van der Waals surface area contributed by atoms with Gasteiger partial charge in [0.2, 0.25) is 5.91 Å². The summed E-state index contributed by atoms with van der Waals surface area (Å²) in [5.41, 5.74) is 3.54. The minimum absolute atomic E-state index is 0.214. The van der Waals surface area contributed by atoms with E-state index in [-0.39, 0.29) is 6.61 Å². The zero-order valence-electron chi connectivity index (χ0n) is 22.2. The van der Waals surface area contributed by atoms with Crippen LogP contribution in [0.1, 0.15) is 28.4 Å². The van der Waals surface area contributed by atoms with Crippen LogP contribution in [0.25, 0.3) is 17.2 Å². The van der Waals surface area contributed by atoms with Crippen molar-refractivity contribution in [1.29, 1.82) is 0 Å². The van der Waals surface area contributed by atoms with Crippen LogP contribution in [-0.4, -0.2) is 32.7 Å². The Hall–Kier alpha value is -4.08. The number of thiophene rings is 1. The number of hydrogen-bond donors (Lipinski definition) is 1. The number of hydrogen-bond acceptors (Lipinski definition) is 7. The van der Waals surface area contributed by atoms with Gasteiger partial charge in [0, 0.05) is 17.0 Å². The number of carbonyl (C=O) groups excluding carboxylic acids is 2. The molecule has 0 aliphatic carbocycles. The number of nitrogens with one attached hydrogen (secondary N) is 1. The second-order valence-electron chi connectivity index (χ2n) is 8.43. The highest BCUT2D eigenvalue weighted by molar-refractivity contribution is 9.10. The topological polar surface area (TPSA) is 83.1 Å². The minimum atomic E-state index is -0.506. The Bertz CT molecular complexity index is 1500. The van der Waals surface area contributed by atoms with Crippen LogP contribution in [0, 0.1) is 0 Å². The fourth-order valence-corrected chi connectivity index (χ4v) is 5.40. The van der Waals surface area contributed by atoms with Crippen LogP contribution in [0.3, 0.4) is 0 Å². The van der Waals surface area contributed by atoms with Crippen LogP contribution in [0.4, 0.5) is 5.00 Å². The highest BCUT2D eigenvalue weighted by Crippen LogP contribution is 2.38. The van der Waals surface area contributed by atoms with Crippen molar-refractivity contribution < 1.29 is 28.5 Å². The van der Waals surface area contributed by atoms with E-state index in [2.05, 4.69) is 21.2 Å². The van der Waals surface area contributed by atoms with Crippen LogP contribution in [0.2, 0.25) is 0 Å². The molecule has 0 spiro atoms. The summed E-state index contributed by atoms with van der Waals surface area (Å²) in [5, 5.41) is 5.05. The molecule has 206 valence electrons. The SMILES string of the molecule is CCOC(=O)c1c(-c2ccc(OC)cc2)csc1NC(=O)/C=C/c1cc(Br)c(OCc2ccccc2)c(OC)c1. The number of methoxy groups -OCH3 is 2. The monoisotopic (exact) mass is 621 g/mol. The fraction of sp³-hybridized carbons (Fsp3) is 0.161. The summed E-state index contributed by atoms with van der Waals surface area (Å²) in [7, 11) is 3.15. The van der Waals surface area contributed by atoms with Gasteiger partial charge in [0.05, 0.1) is 25.3 Å². The zero-order chi connectivity index (χ0) is 28.5. The number of rotatable bonds is 11. The van der Waals surface area contributed by atoms with Crippen molar-refractivity contribution >= 4 is 50.2 Å². The maximum atomic E-state index is 12.9. The Morgan fingerprint density at radius 3 is 2.42 bits per heavy atom. The van der Waals surface area contributed by atoms with Crippen molar-refractivity contribution in [2.75, 3.05) is 26.1 Å². The first-order valence-corrected chi connectivity index (χ1v) is 14.1. The third-order valence-electron chi connectivity index (χ3n) is 5.81. The predicted octanol–water partition coefficient (Wildman–Crippen LogP) is 7.60. The second kappa shape index (κ2) is 13.8. The predicted molar refractivity (Wildman–Crippen MR) is 161 cm³/mol. The number of amides is 1. The highest BCUT2D eigenvalue weighted by Gasteiger charge is 2.22. The van der Waals surface area contributed by atoms with E-state index in [0.29, 0.717) is 44.5 Å². The van der Waals surface area contributed by atoms with Crippen LogP contribution < -0.4 is 19.5 Å². The Kier molecular flexibility index (Phi) is 9.99. The molecule has 1 amide bonds. The molecule has 4 aromatic rings. The van der Waals surface area contributed by atoms with Crippen LogP contribution >= 0.6 is 27.3 Å². The van der Waals surface area contributed by atoms with Gasteiger partial charge in [-0.05, 0) is 69.9 Å². The molecule has 7 nitrogen and oxygen atoms in total. The van der Waals surface area contributed by atoms with E-state index >= 15 is 0 Å². The van der Waals surface area contributed by atoms with Gasteiger partial charge >= 0.3 is 5.97 Å². The molecule has 0 unspecified atom stereocenters. The first-order valence-electron chi connectivity index (χ1n) is 12.4. The number of carbonyl (C=O) groups is 2. The van der Waals surface area contributed by atoms with E-state index in [1.807, 2.05) is 66.0 Å². The molecule has 0 saturated heterocycles. The fourth-order valence-electron chi connectivity index (χ4n) is 3.87. The summed E-state index contributed by atoms with van der Waals surface area (Å²) in [6.45, 7) is 2.34. The molecule has 0 bridgehead atoms. The second-order valence-corrected chi connectivity index (χ2v) is 10.2. The van der Waals surface area contributed by atoms with Crippen molar-refractivity contribution in [3.8, 4) is 28.4 Å². The van der Waals surface area contributed by atoms with Gasteiger partial charge in [-0.1, -0.05) is 42.5 Å². The lowest BCUT2D eigenvalue weighted by atomic mass is 10.0. The molecule has 4 rings (SSSR count). The average molecular weight is 623 g/mol. The number of anilines is 1. The van der Waals surface area contributed by atoms with Gasteiger partial charge in [-0.15, -0.1) is 11.3 Å². The molecular formula is C31H28BrNO6S. The van der Waals surface area contributed by atoms with Crippen molar-refractivity contribution in [2.24, 2.45) is 0 Å². The lowest BCUT2D eigenvalue weighted by Crippen LogP contribution is -2.12. The average Bonchev–Trinajstić information content (AvgIpc) is 3.39. The number of esters is 1. The Balaban J connectivity index is 1.52. The summed E-state index contributed by atoms with van der Waals surface area (Å²) >= 11 is 4.81. The van der Waals surface area contributed by atoms with Gasteiger partial charge in [-0.3, -0.25) is 4.79 Å².